The molecule has 0 saturated carbocycles. The van der Waals surface area contributed by atoms with Gasteiger partial charge in [-0.2, -0.15) is 0 Å². The number of carbonyl (C=O) groups is 1. The SMILES string of the molecule is C=CC(=O)N1CCN(c2ncnc3sccc23)CC1. The first-order valence-corrected chi connectivity index (χ1v) is 7.02. The molecule has 0 bridgehead atoms. The van der Waals surface area contributed by atoms with Crippen LogP contribution in [0.3, 0.4) is 0 Å². The van der Waals surface area contributed by atoms with Gasteiger partial charge in [0.1, 0.15) is 17.0 Å². The van der Waals surface area contributed by atoms with Crippen LogP contribution in [-0.4, -0.2) is 47.0 Å². The fraction of sp³-hybridized carbons (Fsp3) is 0.308. The number of hydrogen-bond acceptors (Lipinski definition) is 5. The molecule has 2 aromatic heterocycles. The van der Waals surface area contributed by atoms with Gasteiger partial charge in [-0.25, -0.2) is 9.97 Å². The third-order valence-electron chi connectivity index (χ3n) is 3.31. The van der Waals surface area contributed by atoms with E-state index in [1.807, 2.05) is 10.3 Å². The van der Waals surface area contributed by atoms with Crippen LogP contribution in [0.2, 0.25) is 0 Å². The van der Waals surface area contributed by atoms with Gasteiger partial charge in [-0.3, -0.25) is 4.79 Å². The largest absolute Gasteiger partial charge is 0.352 e. The fourth-order valence-electron chi connectivity index (χ4n) is 2.30. The van der Waals surface area contributed by atoms with E-state index in [4.69, 9.17) is 0 Å². The van der Waals surface area contributed by atoms with Crippen molar-refractivity contribution in [3.05, 3.63) is 30.4 Å². The summed E-state index contributed by atoms with van der Waals surface area (Å²) < 4.78 is 0. The highest BCUT2D eigenvalue weighted by Gasteiger charge is 2.21. The van der Waals surface area contributed by atoms with E-state index < -0.39 is 0 Å². The van der Waals surface area contributed by atoms with E-state index in [1.165, 1.54) is 6.08 Å². The highest BCUT2D eigenvalue weighted by Crippen LogP contribution is 2.27. The van der Waals surface area contributed by atoms with E-state index in [9.17, 15) is 4.79 Å². The van der Waals surface area contributed by atoms with Gasteiger partial charge in [0.05, 0.1) is 5.39 Å². The van der Waals surface area contributed by atoms with Gasteiger partial charge in [0.2, 0.25) is 5.91 Å². The zero-order valence-electron chi connectivity index (χ0n) is 10.5. The van der Waals surface area contributed by atoms with Crippen LogP contribution in [-0.2, 0) is 4.79 Å². The Hall–Kier alpha value is -1.95. The first-order chi connectivity index (χ1) is 9.29. The van der Waals surface area contributed by atoms with Gasteiger partial charge in [0.15, 0.2) is 0 Å². The molecule has 6 heteroatoms. The van der Waals surface area contributed by atoms with Crippen LogP contribution in [0, 0.1) is 0 Å². The Balaban J connectivity index is 1.80. The summed E-state index contributed by atoms with van der Waals surface area (Å²) in [5.74, 6) is 0.972. The van der Waals surface area contributed by atoms with E-state index in [-0.39, 0.29) is 5.91 Å². The van der Waals surface area contributed by atoms with E-state index in [2.05, 4.69) is 27.5 Å². The lowest BCUT2D eigenvalue weighted by atomic mass is 10.2. The van der Waals surface area contributed by atoms with Crippen molar-refractivity contribution in [2.24, 2.45) is 0 Å². The van der Waals surface area contributed by atoms with Gasteiger partial charge in [0, 0.05) is 26.2 Å². The van der Waals surface area contributed by atoms with E-state index in [1.54, 1.807) is 17.7 Å². The minimum absolute atomic E-state index is 0.00279. The molecule has 2 aromatic rings. The molecule has 1 amide bonds. The molecule has 0 atom stereocenters. The molecular weight excluding hydrogens is 260 g/mol. The Morgan fingerprint density at radius 2 is 2.11 bits per heavy atom. The minimum atomic E-state index is 0.00279. The zero-order valence-corrected chi connectivity index (χ0v) is 11.3. The van der Waals surface area contributed by atoms with Crippen molar-refractivity contribution in [2.75, 3.05) is 31.1 Å². The molecule has 5 nitrogen and oxygen atoms in total. The van der Waals surface area contributed by atoms with Crippen LogP contribution in [0.5, 0.6) is 0 Å². The Morgan fingerprint density at radius 3 is 2.84 bits per heavy atom. The van der Waals surface area contributed by atoms with Gasteiger partial charge in [-0.05, 0) is 17.5 Å². The smallest absolute Gasteiger partial charge is 0.246 e. The normalized spacial score (nSPS) is 15.8. The Morgan fingerprint density at radius 1 is 1.32 bits per heavy atom. The number of aromatic nitrogens is 2. The molecule has 0 aromatic carbocycles. The maximum atomic E-state index is 11.5. The van der Waals surface area contributed by atoms with Crippen LogP contribution in [0.15, 0.2) is 30.4 Å². The highest BCUT2D eigenvalue weighted by atomic mass is 32.1. The average molecular weight is 274 g/mol. The average Bonchev–Trinajstić information content (AvgIpc) is 2.95. The molecule has 3 heterocycles. The number of fused-ring (bicyclic) bond motifs is 1. The van der Waals surface area contributed by atoms with Gasteiger partial charge < -0.3 is 9.80 Å². The number of thiophene rings is 1. The second-order valence-corrected chi connectivity index (χ2v) is 5.25. The second-order valence-electron chi connectivity index (χ2n) is 4.35. The summed E-state index contributed by atoms with van der Waals surface area (Å²) in [4.78, 5) is 25.2. The number of carbonyl (C=O) groups excluding carboxylic acids is 1. The molecule has 0 N–H and O–H groups in total. The summed E-state index contributed by atoms with van der Waals surface area (Å²) in [5, 5.41) is 3.12. The summed E-state index contributed by atoms with van der Waals surface area (Å²) in [6, 6.07) is 2.05. The molecule has 0 radical (unpaired) electrons. The second kappa shape index (κ2) is 4.97. The Kier molecular flexibility index (Phi) is 3.16. The third-order valence-corrected chi connectivity index (χ3v) is 4.13. The van der Waals surface area contributed by atoms with Crippen molar-refractivity contribution in [1.82, 2.24) is 14.9 Å². The van der Waals surface area contributed by atoms with E-state index in [0.717, 1.165) is 29.1 Å². The minimum Gasteiger partial charge on any atom is -0.352 e. The molecule has 1 aliphatic heterocycles. The lowest BCUT2D eigenvalue weighted by molar-refractivity contribution is -0.126. The summed E-state index contributed by atoms with van der Waals surface area (Å²) in [6.07, 6.45) is 2.98. The molecule has 0 spiro atoms. The van der Waals surface area contributed by atoms with Gasteiger partial charge in [-0.15, -0.1) is 11.3 Å². The first kappa shape index (κ1) is 12.1. The first-order valence-electron chi connectivity index (χ1n) is 6.14. The van der Waals surface area contributed by atoms with Crippen molar-refractivity contribution >= 4 is 33.3 Å². The number of amides is 1. The number of rotatable bonds is 2. The summed E-state index contributed by atoms with van der Waals surface area (Å²) in [5.41, 5.74) is 0. The summed E-state index contributed by atoms with van der Waals surface area (Å²) in [7, 11) is 0. The van der Waals surface area contributed by atoms with Crippen molar-refractivity contribution in [1.29, 1.82) is 0 Å². The standard InChI is InChI=1S/C13H14N4OS/c1-2-11(18)16-4-6-17(7-5-16)12-10-3-8-19-13(10)15-9-14-12/h2-3,8-9H,1,4-7H2. The topological polar surface area (TPSA) is 49.3 Å². The molecule has 19 heavy (non-hydrogen) atoms. The van der Waals surface area contributed by atoms with Crippen LogP contribution < -0.4 is 4.90 Å². The monoisotopic (exact) mass is 274 g/mol. The summed E-state index contributed by atoms with van der Waals surface area (Å²) in [6.45, 7) is 6.53. The predicted octanol–water partition coefficient (Wildman–Crippen LogP) is 1.53. The fourth-order valence-corrected chi connectivity index (χ4v) is 3.02. The van der Waals surface area contributed by atoms with Crippen molar-refractivity contribution in [3.8, 4) is 0 Å². The van der Waals surface area contributed by atoms with Gasteiger partial charge >= 0.3 is 0 Å². The molecule has 1 aliphatic rings. The van der Waals surface area contributed by atoms with Crippen molar-refractivity contribution in [3.63, 3.8) is 0 Å². The van der Waals surface area contributed by atoms with Crippen LogP contribution >= 0.6 is 11.3 Å². The summed E-state index contributed by atoms with van der Waals surface area (Å²) >= 11 is 1.62. The maximum absolute atomic E-state index is 11.5. The van der Waals surface area contributed by atoms with Crippen molar-refractivity contribution < 1.29 is 4.79 Å². The highest BCUT2D eigenvalue weighted by molar-refractivity contribution is 7.16. The van der Waals surface area contributed by atoms with Crippen LogP contribution in [0.4, 0.5) is 5.82 Å². The quantitative estimate of drug-likeness (QED) is 0.779. The third kappa shape index (κ3) is 2.19. The molecule has 0 aliphatic carbocycles. The molecular formula is C13H14N4OS. The molecule has 1 saturated heterocycles. The predicted molar refractivity (Wildman–Crippen MR) is 76.4 cm³/mol. The van der Waals surface area contributed by atoms with Gasteiger partial charge in [0.25, 0.3) is 0 Å². The van der Waals surface area contributed by atoms with E-state index in [0.29, 0.717) is 13.1 Å². The molecule has 98 valence electrons. The van der Waals surface area contributed by atoms with E-state index >= 15 is 0 Å². The van der Waals surface area contributed by atoms with Crippen molar-refractivity contribution in [2.45, 2.75) is 0 Å². The number of hydrogen-bond donors (Lipinski definition) is 0. The zero-order chi connectivity index (χ0) is 13.2. The Labute approximate surface area is 115 Å². The Bertz CT molecular complexity index is 616. The number of anilines is 1. The van der Waals surface area contributed by atoms with Crippen LogP contribution in [0.25, 0.3) is 10.2 Å². The molecule has 0 unspecified atom stereocenters. The number of piperazine rings is 1. The van der Waals surface area contributed by atoms with Crippen LogP contribution in [0.1, 0.15) is 0 Å². The van der Waals surface area contributed by atoms with Gasteiger partial charge in [-0.1, -0.05) is 6.58 Å². The maximum Gasteiger partial charge on any atom is 0.246 e. The lowest BCUT2D eigenvalue weighted by Crippen LogP contribution is -2.48. The number of nitrogens with zero attached hydrogens (tertiary/aromatic N) is 4. The lowest BCUT2D eigenvalue weighted by Gasteiger charge is -2.35. The molecule has 1 fully saturated rings. The molecule has 3 rings (SSSR count).